The second kappa shape index (κ2) is 6.44. The summed E-state index contributed by atoms with van der Waals surface area (Å²) in [7, 11) is 0. The molecule has 0 N–H and O–H groups in total. The number of nitrogens with zero attached hydrogens (tertiary/aromatic N) is 1. The van der Waals surface area contributed by atoms with Gasteiger partial charge in [-0.05, 0) is 0 Å². The Bertz CT molecular complexity index is 211. The number of likely N-dealkylation sites (N-methyl/N-ethyl adjacent to an activating group) is 1. The number of rotatable bonds is 6. The van der Waals surface area contributed by atoms with E-state index in [-0.39, 0.29) is 6.04 Å². The van der Waals surface area contributed by atoms with Gasteiger partial charge in [0.1, 0.15) is 0 Å². The molecular weight excluding hydrogens is 326 g/mol. The van der Waals surface area contributed by atoms with Crippen molar-refractivity contribution in [3.05, 3.63) is 0 Å². The van der Waals surface area contributed by atoms with Crippen LogP contribution in [-0.4, -0.2) is 58.7 Å². The summed E-state index contributed by atoms with van der Waals surface area (Å²) in [6.07, 6.45) is -5.07. The summed E-state index contributed by atoms with van der Waals surface area (Å²) in [6, 6.07) is 0.225. The maximum atomic E-state index is 12.4. The van der Waals surface area contributed by atoms with Crippen LogP contribution in [-0.2, 0) is 3.07 Å². The van der Waals surface area contributed by atoms with Gasteiger partial charge in [-0.15, -0.1) is 0 Å². The third-order valence-corrected chi connectivity index (χ3v) is 3.90. The molecule has 0 aromatic rings. The van der Waals surface area contributed by atoms with Gasteiger partial charge in [-0.2, -0.15) is 0 Å². The van der Waals surface area contributed by atoms with Gasteiger partial charge in [-0.3, -0.25) is 0 Å². The fraction of sp³-hybridized carbons (Fsp3) is 1.00. The molecule has 0 amide bonds. The third kappa shape index (κ3) is 6.29. The van der Waals surface area contributed by atoms with Crippen LogP contribution in [0.25, 0.3) is 0 Å². The van der Waals surface area contributed by atoms with E-state index in [4.69, 9.17) is 3.07 Å². The molecule has 0 heterocycles. The van der Waals surface area contributed by atoms with E-state index < -0.39 is 18.2 Å². The van der Waals surface area contributed by atoms with Crippen molar-refractivity contribution in [3.63, 3.8) is 0 Å². The molecule has 0 bridgehead atoms. The van der Waals surface area contributed by atoms with Crippen LogP contribution in [0.1, 0.15) is 34.1 Å². The maximum absolute atomic E-state index is 12.4. The normalized spacial score (nSPS) is 16.9. The molecule has 0 aromatic carbocycles. The first kappa shape index (κ1) is 16.5. The average molecular weight is 345 g/mol. The zero-order valence-corrected chi connectivity index (χ0v) is 13.0. The Labute approximate surface area is 109 Å². The summed E-state index contributed by atoms with van der Waals surface area (Å²) in [5, 5.41) is 0. The first-order chi connectivity index (χ1) is 7.13. The van der Waals surface area contributed by atoms with E-state index in [1.165, 1.54) is 6.92 Å². The quantitative estimate of drug-likeness (QED) is 0.686. The van der Waals surface area contributed by atoms with E-state index in [0.29, 0.717) is 29.5 Å². The van der Waals surface area contributed by atoms with Crippen LogP contribution in [0, 0.1) is 0 Å². The van der Waals surface area contributed by atoms with Gasteiger partial charge in [0.2, 0.25) is 0 Å². The van der Waals surface area contributed by atoms with Crippen LogP contribution < -0.4 is 0 Å². The second-order valence-corrected chi connectivity index (χ2v) is 5.08. The Kier molecular flexibility index (Phi) is 6.65. The summed E-state index contributed by atoms with van der Waals surface area (Å²) < 4.78 is 42.3. The minimum absolute atomic E-state index is 0.225. The van der Waals surface area contributed by atoms with Crippen molar-refractivity contribution in [1.29, 1.82) is 0 Å². The van der Waals surface area contributed by atoms with Crippen LogP contribution in [0.2, 0.25) is 0 Å². The van der Waals surface area contributed by atoms with Crippen molar-refractivity contribution in [1.82, 2.24) is 4.90 Å². The average Bonchev–Trinajstić information content (AvgIpc) is 2.11. The number of hydrogen-bond acceptors (Lipinski definition) is 2. The van der Waals surface area contributed by atoms with Gasteiger partial charge in [0.25, 0.3) is 0 Å². The van der Waals surface area contributed by atoms with Crippen LogP contribution >= 0.6 is 0 Å². The molecule has 0 aliphatic rings. The van der Waals surface area contributed by atoms with Crippen LogP contribution in [0.3, 0.4) is 0 Å². The van der Waals surface area contributed by atoms with Crippen molar-refractivity contribution < 1.29 is 16.2 Å². The van der Waals surface area contributed by atoms with E-state index in [1.807, 2.05) is 25.7 Å². The van der Waals surface area contributed by atoms with Gasteiger partial charge in [0.15, 0.2) is 0 Å². The van der Waals surface area contributed by atoms with Gasteiger partial charge < -0.3 is 0 Å². The topological polar surface area (TPSA) is 12.5 Å². The van der Waals surface area contributed by atoms with Gasteiger partial charge in [-0.1, -0.05) is 0 Å². The number of hydrogen-bond donors (Lipinski definition) is 0. The molecule has 0 aliphatic heterocycles. The Morgan fingerprint density at radius 1 is 1.31 bits per heavy atom. The Hall–Kier alpha value is 0.509. The zero-order chi connectivity index (χ0) is 13.0. The van der Waals surface area contributed by atoms with Gasteiger partial charge in [-0.25, -0.2) is 0 Å². The molecule has 1 atom stereocenters. The molecule has 0 fully saturated rings. The predicted octanol–water partition coefficient (Wildman–Crippen LogP) is 2.53. The number of halogens is 3. The van der Waals surface area contributed by atoms with E-state index >= 15 is 0 Å². The summed E-state index contributed by atoms with van der Waals surface area (Å²) >= 11 is 0.675. The summed E-state index contributed by atoms with van der Waals surface area (Å²) in [4.78, 5) is 1.98. The molecule has 0 saturated carbocycles. The molecule has 0 rings (SSSR count). The first-order valence-electron chi connectivity index (χ1n) is 5.29. The predicted molar refractivity (Wildman–Crippen MR) is 58.3 cm³/mol. The second-order valence-electron chi connectivity index (χ2n) is 4.50. The molecular formula is C10H19F3NOSn. The monoisotopic (exact) mass is 346 g/mol. The molecule has 1 unspecified atom stereocenters. The summed E-state index contributed by atoms with van der Waals surface area (Å²) in [5.74, 6) is 0. The van der Waals surface area contributed by atoms with Crippen molar-refractivity contribution >= 4 is 22.9 Å². The molecule has 2 nitrogen and oxygen atoms in total. The molecule has 95 valence electrons. The molecule has 0 spiro atoms. The van der Waals surface area contributed by atoms with E-state index in [9.17, 15) is 13.2 Å². The molecule has 0 aliphatic carbocycles. The Balaban J connectivity index is 4.58. The first-order valence-corrected chi connectivity index (χ1v) is 6.45. The Morgan fingerprint density at radius 3 is 2.06 bits per heavy atom. The van der Waals surface area contributed by atoms with Crippen LogP contribution in [0.15, 0.2) is 0 Å². The zero-order valence-electron chi connectivity index (χ0n) is 10.2. The standard InChI is InChI=1S/C10H19F3NO.Sn/c1-5-14(8(2)3)7-9(4,15)6-10(11,12)13;/h8H,5-7H2,1-4H3;/q-1;+1. The summed E-state index contributed by atoms with van der Waals surface area (Å²) in [5.41, 5.74) is -1.13. The fourth-order valence-corrected chi connectivity index (χ4v) is 2.03. The van der Waals surface area contributed by atoms with Crippen molar-refractivity contribution in [2.24, 2.45) is 0 Å². The molecule has 0 saturated heterocycles. The minimum atomic E-state index is -4.18. The molecule has 0 aromatic heterocycles. The van der Waals surface area contributed by atoms with Gasteiger partial charge >= 0.3 is 109 Å². The van der Waals surface area contributed by atoms with E-state index in [0.717, 1.165) is 6.54 Å². The van der Waals surface area contributed by atoms with E-state index in [2.05, 4.69) is 0 Å². The number of alkyl halides is 3. The molecule has 6 heteroatoms. The molecule has 16 heavy (non-hydrogen) atoms. The van der Waals surface area contributed by atoms with Crippen LogP contribution in [0.4, 0.5) is 13.2 Å². The van der Waals surface area contributed by atoms with Gasteiger partial charge in [0, 0.05) is 0 Å². The summed E-state index contributed by atoms with van der Waals surface area (Å²) in [6.45, 7) is 8.45. The fourth-order valence-electron chi connectivity index (χ4n) is 1.64. The SMILES string of the molecule is CCN(CC(C)(CC(F)(F)F)[O][Sn])C(C)C. The van der Waals surface area contributed by atoms with Crippen LogP contribution in [0.5, 0.6) is 0 Å². The molecule has 3 radical (unpaired) electrons. The van der Waals surface area contributed by atoms with Crippen molar-refractivity contribution in [2.75, 3.05) is 13.1 Å². The Morgan fingerprint density at radius 2 is 1.81 bits per heavy atom. The van der Waals surface area contributed by atoms with Crippen molar-refractivity contribution in [3.8, 4) is 0 Å². The van der Waals surface area contributed by atoms with E-state index in [1.54, 1.807) is 0 Å². The van der Waals surface area contributed by atoms with Gasteiger partial charge in [0.05, 0.1) is 0 Å². The van der Waals surface area contributed by atoms with Crippen molar-refractivity contribution in [2.45, 2.75) is 51.9 Å². The third-order valence-electron chi connectivity index (χ3n) is 2.49.